The van der Waals surface area contributed by atoms with Crippen molar-refractivity contribution in [3.8, 4) is 5.75 Å². The highest BCUT2D eigenvalue weighted by atomic mass is 16.5. The van der Waals surface area contributed by atoms with Gasteiger partial charge in [0.25, 0.3) is 11.8 Å². The zero-order valence-electron chi connectivity index (χ0n) is 24.5. The Balaban J connectivity index is 2.23. The number of nitrogens with zero attached hydrogens (tertiary/aromatic N) is 2. The van der Waals surface area contributed by atoms with E-state index in [1.807, 2.05) is 48.5 Å². The van der Waals surface area contributed by atoms with Crippen LogP contribution in [-0.2, 0) is 14.4 Å². The summed E-state index contributed by atoms with van der Waals surface area (Å²) in [4.78, 5) is 56.0. The van der Waals surface area contributed by atoms with Gasteiger partial charge in [-0.05, 0) is 78.9 Å². The number of amides is 4. The molecule has 1 aromatic carbocycles. The fourth-order valence-electron chi connectivity index (χ4n) is 4.38. The van der Waals surface area contributed by atoms with E-state index < -0.39 is 29.6 Å². The highest BCUT2D eigenvalue weighted by Crippen LogP contribution is 2.24. The molecule has 4 amide bonds. The minimum atomic E-state index is -0.828. The third-order valence-corrected chi connectivity index (χ3v) is 6.56. The molecule has 1 aliphatic rings. The molecule has 212 valence electrons. The Morgan fingerprint density at radius 1 is 1.08 bits per heavy atom. The molecule has 1 fully saturated rings. The molecule has 0 spiro atoms. The summed E-state index contributed by atoms with van der Waals surface area (Å²) in [5, 5.41) is 5.77. The number of hydrogen-bond donors (Lipinski definition) is 2. The van der Waals surface area contributed by atoms with Crippen molar-refractivity contribution < 1.29 is 23.9 Å². The van der Waals surface area contributed by atoms with Crippen molar-refractivity contribution in [3.63, 3.8) is 0 Å². The molecule has 0 aromatic heterocycles. The van der Waals surface area contributed by atoms with E-state index in [2.05, 4.69) is 10.6 Å². The number of likely N-dealkylation sites (N-methyl/N-ethyl adjacent to an activating group) is 1. The first kappa shape index (κ1) is 31.1. The molecule has 1 aliphatic heterocycles. The molecule has 9 nitrogen and oxygen atoms in total. The van der Waals surface area contributed by atoms with E-state index in [1.54, 1.807) is 48.0 Å². The van der Waals surface area contributed by atoms with E-state index in [4.69, 9.17) is 4.74 Å². The summed E-state index contributed by atoms with van der Waals surface area (Å²) in [7, 11) is 1.75. The molecule has 0 radical (unpaired) electrons. The molecule has 2 N–H and O–H groups in total. The average Bonchev–Trinajstić information content (AvgIpc) is 3.30. The number of para-hydroxylation sites is 1. The van der Waals surface area contributed by atoms with Crippen LogP contribution in [0.3, 0.4) is 0 Å². The van der Waals surface area contributed by atoms with Crippen molar-refractivity contribution in [2.75, 3.05) is 13.6 Å². The predicted molar refractivity (Wildman–Crippen MR) is 148 cm³/mol. The number of carbonyl (C=O) groups is 4. The molecule has 1 heterocycles. The summed E-state index contributed by atoms with van der Waals surface area (Å²) in [5.74, 6) is -0.712. The Morgan fingerprint density at radius 2 is 1.71 bits per heavy atom. The molecular weight excluding hydrogens is 484 g/mol. The van der Waals surface area contributed by atoms with Gasteiger partial charge in [0, 0.05) is 25.2 Å². The summed E-state index contributed by atoms with van der Waals surface area (Å²) < 4.78 is 5.88. The van der Waals surface area contributed by atoms with Crippen molar-refractivity contribution in [3.05, 3.63) is 29.8 Å². The summed E-state index contributed by atoms with van der Waals surface area (Å²) in [5.41, 5.74) is -0.188. The number of nitrogens with one attached hydrogen (secondary N) is 2. The van der Waals surface area contributed by atoms with Crippen molar-refractivity contribution in [2.45, 2.75) is 104 Å². The van der Waals surface area contributed by atoms with Gasteiger partial charge in [-0.3, -0.25) is 19.2 Å². The SMILES string of the molecule is CC(C)CC(NC(=O)c1ccccc1OC(C)C(=O)NC(C)(C)C)C(=O)N1CCCC1C(=O)N(C)C(C)C. The van der Waals surface area contributed by atoms with E-state index in [0.717, 1.165) is 6.42 Å². The second kappa shape index (κ2) is 13.1. The smallest absolute Gasteiger partial charge is 0.261 e. The third-order valence-electron chi connectivity index (χ3n) is 6.56. The molecular formula is C29H46N4O5. The van der Waals surface area contributed by atoms with Gasteiger partial charge in [-0.1, -0.05) is 26.0 Å². The lowest BCUT2D eigenvalue weighted by molar-refractivity contribution is -0.145. The Bertz CT molecular complexity index is 1000. The second-order valence-electron chi connectivity index (χ2n) is 11.9. The zero-order chi connectivity index (χ0) is 28.8. The van der Waals surface area contributed by atoms with Crippen LogP contribution in [0.5, 0.6) is 5.75 Å². The molecule has 0 bridgehead atoms. The van der Waals surface area contributed by atoms with Gasteiger partial charge in [-0.15, -0.1) is 0 Å². The lowest BCUT2D eigenvalue weighted by Gasteiger charge is -2.33. The largest absolute Gasteiger partial charge is 0.480 e. The first-order chi connectivity index (χ1) is 17.6. The molecule has 3 atom stereocenters. The van der Waals surface area contributed by atoms with Crippen molar-refractivity contribution in [2.24, 2.45) is 5.92 Å². The third kappa shape index (κ3) is 8.46. The summed E-state index contributed by atoms with van der Waals surface area (Å²) in [6.07, 6.45) is 0.942. The molecule has 2 rings (SSSR count). The van der Waals surface area contributed by atoms with Crippen LogP contribution in [0.25, 0.3) is 0 Å². The van der Waals surface area contributed by atoms with Crippen LogP contribution >= 0.6 is 0 Å². The molecule has 9 heteroatoms. The number of benzene rings is 1. The van der Waals surface area contributed by atoms with Crippen LogP contribution < -0.4 is 15.4 Å². The van der Waals surface area contributed by atoms with Gasteiger partial charge in [0.1, 0.15) is 17.8 Å². The second-order valence-corrected chi connectivity index (χ2v) is 11.9. The van der Waals surface area contributed by atoms with Crippen molar-refractivity contribution in [1.29, 1.82) is 0 Å². The van der Waals surface area contributed by atoms with E-state index in [9.17, 15) is 19.2 Å². The van der Waals surface area contributed by atoms with Crippen LogP contribution in [0.2, 0.25) is 0 Å². The number of rotatable bonds is 10. The first-order valence-electron chi connectivity index (χ1n) is 13.6. The Labute approximate surface area is 227 Å². The highest BCUT2D eigenvalue weighted by Gasteiger charge is 2.39. The van der Waals surface area contributed by atoms with Gasteiger partial charge in [-0.2, -0.15) is 0 Å². The average molecular weight is 531 g/mol. The van der Waals surface area contributed by atoms with E-state index >= 15 is 0 Å². The van der Waals surface area contributed by atoms with Crippen LogP contribution in [0.1, 0.15) is 85.0 Å². The fraction of sp³-hybridized carbons (Fsp3) is 0.655. The monoisotopic (exact) mass is 530 g/mol. The number of carbonyl (C=O) groups excluding carboxylic acids is 4. The summed E-state index contributed by atoms with van der Waals surface area (Å²) >= 11 is 0. The molecule has 38 heavy (non-hydrogen) atoms. The topological polar surface area (TPSA) is 108 Å². The maximum atomic E-state index is 13.7. The Morgan fingerprint density at radius 3 is 2.29 bits per heavy atom. The zero-order valence-corrected chi connectivity index (χ0v) is 24.5. The standard InChI is InChI=1S/C29H46N4O5/c1-18(2)17-22(27(36)33-16-12-14-23(33)28(37)32(9)19(3)4)30-26(35)21-13-10-11-15-24(21)38-20(5)25(34)31-29(6,7)8/h10-11,13,15,18-20,22-23H,12,14,16-17H2,1-9H3,(H,30,35)(H,31,34). The molecule has 1 aromatic rings. The van der Waals surface area contributed by atoms with Crippen molar-refractivity contribution in [1.82, 2.24) is 20.4 Å². The van der Waals surface area contributed by atoms with Crippen LogP contribution in [-0.4, -0.2) is 76.8 Å². The van der Waals surface area contributed by atoms with Gasteiger partial charge < -0.3 is 25.2 Å². The predicted octanol–water partition coefficient (Wildman–Crippen LogP) is 3.37. The minimum Gasteiger partial charge on any atom is -0.480 e. The Hall–Kier alpha value is -3.10. The summed E-state index contributed by atoms with van der Waals surface area (Å²) in [6.45, 7) is 15.6. The Kier molecular flexibility index (Phi) is 10.7. The quantitative estimate of drug-likeness (QED) is 0.482. The van der Waals surface area contributed by atoms with E-state index in [1.165, 1.54) is 0 Å². The minimum absolute atomic E-state index is 0.0237. The van der Waals surface area contributed by atoms with E-state index in [0.29, 0.717) is 19.4 Å². The van der Waals surface area contributed by atoms with Crippen LogP contribution in [0.4, 0.5) is 0 Å². The number of hydrogen-bond acceptors (Lipinski definition) is 5. The van der Waals surface area contributed by atoms with Gasteiger partial charge in [0.2, 0.25) is 11.8 Å². The van der Waals surface area contributed by atoms with Gasteiger partial charge in [0.05, 0.1) is 5.56 Å². The molecule has 1 saturated heterocycles. The number of likely N-dealkylation sites (tertiary alicyclic amines) is 1. The maximum absolute atomic E-state index is 13.7. The lowest BCUT2D eigenvalue weighted by atomic mass is 10.0. The van der Waals surface area contributed by atoms with Crippen LogP contribution in [0.15, 0.2) is 24.3 Å². The maximum Gasteiger partial charge on any atom is 0.261 e. The first-order valence-corrected chi connectivity index (χ1v) is 13.6. The molecule has 3 unspecified atom stereocenters. The van der Waals surface area contributed by atoms with Gasteiger partial charge in [-0.25, -0.2) is 0 Å². The summed E-state index contributed by atoms with van der Waals surface area (Å²) in [6, 6.07) is 5.37. The molecule has 0 aliphatic carbocycles. The van der Waals surface area contributed by atoms with Crippen molar-refractivity contribution >= 4 is 23.6 Å². The number of ether oxygens (including phenoxy) is 1. The normalized spacial score (nSPS) is 17.2. The lowest BCUT2D eigenvalue weighted by Crippen LogP contribution is -2.54. The van der Waals surface area contributed by atoms with Gasteiger partial charge >= 0.3 is 0 Å². The van der Waals surface area contributed by atoms with Gasteiger partial charge in [0.15, 0.2) is 6.10 Å². The van der Waals surface area contributed by atoms with E-state index in [-0.39, 0.29) is 41.0 Å². The fourth-order valence-corrected chi connectivity index (χ4v) is 4.38. The molecule has 0 saturated carbocycles. The van der Waals surface area contributed by atoms with Crippen LogP contribution in [0, 0.1) is 5.92 Å². The highest BCUT2D eigenvalue weighted by molar-refractivity contribution is 6.00.